The molecular formula is C17H21Cl2NO3. The van der Waals surface area contributed by atoms with Gasteiger partial charge in [-0.05, 0) is 50.8 Å². The van der Waals surface area contributed by atoms with Crippen molar-refractivity contribution in [3.8, 4) is 0 Å². The molecule has 0 radical (unpaired) electrons. The Labute approximate surface area is 146 Å². The molecule has 1 aromatic carbocycles. The van der Waals surface area contributed by atoms with Crippen molar-refractivity contribution in [1.29, 1.82) is 0 Å². The maximum Gasteiger partial charge on any atom is 0.303 e. The Morgan fingerprint density at radius 1 is 1.35 bits per heavy atom. The van der Waals surface area contributed by atoms with Crippen LogP contribution in [0.2, 0.25) is 10.0 Å². The molecule has 0 bridgehead atoms. The molecule has 0 aliphatic carbocycles. The molecule has 0 saturated carbocycles. The molecule has 6 heteroatoms. The molecule has 1 aliphatic rings. The van der Waals surface area contributed by atoms with Crippen LogP contribution < -0.4 is 0 Å². The van der Waals surface area contributed by atoms with Crippen LogP contribution in [0.3, 0.4) is 0 Å². The van der Waals surface area contributed by atoms with Crippen molar-refractivity contribution in [2.45, 2.75) is 45.1 Å². The highest BCUT2D eigenvalue weighted by molar-refractivity contribution is 6.36. The molecule has 1 aromatic rings. The van der Waals surface area contributed by atoms with E-state index in [2.05, 4.69) is 0 Å². The molecule has 1 aliphatic heterocycles. The smallest absolute Gasteiger partial charge is 0.303 e. The summed E-state index contributed by atoms with van der Waals surface area (Å²) in [4.78, 5) is 25.3. The molecule has 2 rings (SSSR count). The number of nitrogens with zero attached hydrogens (tertiary/aromatic N) is 1. The highest BCUT2D eigenvalue weighted by Crippen LogP contribution is 2.34. The third-order valence-electron chi connectivity index (χ3n) is 4.51. The van der Waals surface area contributed by atoms with E-state index in [1.54, 1.807) is 23.1 Å². The minimum atomic E-state index is -0.843. The summed E-state index contributed by atoms with van der Waals surface area (Å²) in [7, 11) is 0. The highest BCUT2D eigenvalue weighted by Gasteiger charge is 2.40. The van der Waals surface area contributed by atoms with E-state index in [1.807, 2.05) is 13.8 Å². The van der Waals surface area contributed by atoms with Crippen LogP contribution >= 0.6 is 23.2 Å². The van der Waals surface area contributed by atoms with Gasteiger partial charge < -0.3 is 10.0 Å². The van der Waals surface area contributed by atoms with Gasteiger partial charge >= 0.3 is 5.97 Å². The second kappa shape index (κ2) is 7.10. The second-order valence-electron chi connectivity index (χ2n) is 6.59. The number of aliphatic carboxylic acids is 1. The third-order valence-corrected chi connectivity index (χ3v) is 5.22. The van der Waals surface area contributed by atoms with E-state index in [0.717, 1.165) is 12.0 Å². The zero-order chi connectivity index (χ0) is 17.2. The molecule has 1 fully saturated rings. The lowest BCUT2D eigenvalue weighted by molar-refractivity contribution is -0.140. The summed E-state index contributed by atoms with van der Waals surface area (Å²) in [6, 6.07) is 5.33. The SMILES string of the molecule is CC(C)(CCC(=O)O)N1CCC(Cc2c(Cl)cccc2Cl)C1=O. The van der Waals surface area contributed by atoms with Gasteiger partial charge in [-0.3, -0.25) is 9.59 Å². The van der Waals surface area contributed by atoms with E-state index in [4.69, 9.17) is 28.3 Å². The van der Waals surface area contributed by atoms with Gasteiger partial charge in [-0.15, -0.1) is 0 Å². The number of carboxylic acid groups (broad SMARTS) is 1. The minimum absolute atomic E-state index is 0.0522. The van der Waals surface area contributed by atoms with Crippen molar-refractivity contribution >= 4 is 35.1 Å². The zero-order valence-corrected chi connectivity index (χ0v) is 14.8. The Hall–Kier alpha value is -1.26. The van der Waals surface area contributed by atoms with E-state index in [1.165, 1.54) is 0 Å². The first-order chi connectivity index (χ1) is 10.7. The number of hydrogen-bond acceptors (Lipinski definition) is 2. The second-order valence-corrected chi connectivity index (χ2v) is 7.40. The van der Waals surface area contributed by atoms with Gasteiger partial charge in [0.15, 0.2) is 0 Å². The number of carbonyl (C=O) groups is 2. The number of carbonyl (C=O) groups excluding carboxylic acids is 1. The van der Waals surface area contributed by atoms with Crippen LogP contribution in [0.4, 0.5) is 0 Å². The van der Waals surface area contributed by atoms with Crippen molar-refractivity contribution in [2.75, 3.05) is 6.54 Å². The van der Waals surface area contributed by atoms with Crippen LogP contribution in [0.1, 0.15) is 38.7 Å². The number of carboxylic acids is 1. The lowest BCUT2D eigenvalue weighted by Crippen LogP contribution is -2.46. The van der Waals surface area contributed by atoms with E-state index >= 15 is 0 Å². The predicted octanol–water partition coefficient (Wildman–Crippen LogP) is 4.03. The predicted molar refractivity (Wildman–Crippen MR) is 90.9 cm³/mol. The van der Waals surface area contributed by atoms with E-state index < -0.39 is 11.5 Å². The van der Waals surface area contributed by atoms with Crippen LogP contribution in [-0.4, -0.2) is 34.0 Å². The zero-order valence-electron chi connectivity index (χ0n) is 13.3. The fourth-order valence-electron chi connectivity index (χ4n) is 3.05. The summed E-state index contributed by atoms with van der Waals surface area (Å²) < 4.78 is 0. The molecular weight excluding hydrogens is 337 g/mol. The quantitative estimate of drug-likeness (QED) is 0.835. The average molecular weight is 358 g/mol. The standard InChI is InChI=1S/C17H21Cl2NO3/c1-17(2,8-6-15(21)22)20-9-7-11(16(20)23)10-12-13(18)4-3-5-14(12)19/h3-5,11H,6-10H2,1-2H3,(H,21,22). The summed E-state index contributed by atoms with van der Waals surface area (Å²) in [6.45, 7) is 4.47. The Balaban J connectivity index is 2.08. The summed E-state index contributed by atoms with van der Waals surface area (Å²) in [5.74, 6) is -0.947. The molecule has 126 valence electrons. The maximum absolute atomic E-state index is 12.7. The van der Waals surface area contributed by atoms with Crippen molar-refractivity contribution in [3.05, 3.63) is 33.8 Å². The van der Waals surface area contributed by atoms with Crippen LogP contribution in [0.15, 0.2) is 18.2 Å². The molecule has 4 nitrogen and oxygen atoms in total. The van der Waals surface area contributed by atoms with Gasteiger partial charge in [-0.2, -0.15) is 0 Å². The Bertz CT molecular complexity index is 596. The summed E-state index contributed by atoms with van der Waals surface area (Å²) in [6.07, 6.45) is 1.74. The van der Waals surface area contributed by atoms with Gasteiger partial charge in [0.25, 0.3) is 0 Å². The molecule has 0 aromatic heterocycles. The maximum atomic E-state index is 12.7. The first kappa shape index (κ1) is 18.1. The Kier molecular flexibility index (Phi) is 5.58. The van der Waals surface area contributed by atoms with Crippen molar-refractivity contribution in [1.82, 2.24) is 4.90 Å². The van der Waals surface area contributed by atoms with Crippen LogP contribution in [0.25, 0.3) is 0 Å². The lowest BCUT2D eigenvalue weighted by Gasteiger charge is -2.35. The number of rotatable bonds is 6. The summed E-state index contributed by atoms with van der Waals surface area (Å²) in [5.41, 5.74) is 0.341. The number of likely N-dealkylation sites (tertiary alicyclic amines) is 1. The van der Waals surface area contributed by atoms with Gasteiger partial charge in [-0.25, -0.2) is 0 Å². The minimum Gasteiger partial charge on any atom is -0.481 e. The Morgan fingerprint density at radius 2 is 1.96 bits per heavy atom. The van der Waals surface area contributed by atoms with Gasteiger partial charge in [-0.1, -0.05) is 29.3 Å². The van der Waals surface area contributed by atoms with E-state index in [-0.39, 0.29) is 18.2 Å². The molecule has 1 saturated heterocycles. The fourth-order valence-corrected chi connectivity index (χ4v) is 3.60. The largest absolute Gasteiger partial charge is 0.481 e. The van der Waals surface area contributed by atoms with E-state index in [0.29, 0.717) is 29.4 Å². The highest BCUT2D eigenvalue weighted by atomic mass is 35.5. The molecule has 1 atom stereocenters. The number of benzene rings is 1. The molecule has 0 spiro atoms. The van der Waals surface area contributed by atoms with Crippen molar-refractivity contribution < 1.29 is 14.7 Å². The first-order valence-corrected chi connectivity index (χ1v) is 8.44. The number of amides is 1. The van der Waals surface area contributed by atoms with Gasteiger partial charge in [0.1, 0.15) is 0 Å². The van der Waals surface area contributed by atoms with Crippen LogP contribution in [0, 0.1) is 5.92 Å². The third kappa shape index (κ3) is 4.18. The topological polar surface area (TPSA) is 57.6 Å². The van der Waals surface area contributed by atoms with Crippen molar-refractivity contribution in [3.63, 3.8) is 0 Å². The Morgan fingerprint density at radius 3 is 2.52 bits per heavy atom. The van der Waals surface area contributed by atoms with E-state index in [9.17, 15) is 9.59 Å². The van der Waals surface area contributed by atoms with Crippen LogP contribution in [-0.2, 0) is 16.0 Å². The number of hydrogen-bond donors (Lipinski definition) is 1. The number of halogens is 2. The van der Waals surface area contributed by atoms with Gasteiger partial charge in [0.05, 0.1) is 0 Å². The van der Waals surface area contributed by atoms with Crippen LogP contribution in [0.5, 0.6) is 0 Å². The molecule has 1 amide bonds. The van der Waals surface area contributed by atoms with Gasteiger partial charge in [0.2, 0.25) is 5.91 Å². The molecule has 23 heavy (non-hydrogen) atoms. The van der Waals surface area contributed by atoms with Gasteiger partial charge in [0, 0.05) is 34.5 Å². The molecule has 1 unspecified atom stereocenters. The molecule has 1 heterocycles. The fraction of sp³-hybridized carbons (Fsp3) is 0.529. The summed E-state index contributed by atoms with van der Waals surface area (Å²) >= 11 is 12.4. The lowest BCUT2D eigenvalue weighted by atomic mass is 9.95. The average Bonchev–Trinajstić information content (AvgIpc) is 2.83. The first-order valence-electron chi connectivity index (χ1n) is 7.68. The normalized spacial score (nSPS) is 18.5. The summed E-state index contributed by atoms with van der Waals surface area (Å²) in [5, 5.41) is 10.0. The molecule has 1 N–H and O–H groups in total. The van der Waals surface area contributed by atoms with Crippen molar-refractivity contribution in [2.24, 2.45) is 5.92 Å². The monoisotopic (exact) mass is 357 g/mol.